The van der Waals surface area contributed by atoms with Crippen molar-refractivity contribution in [3.63, 3.8) is 0 Å². The van der Waals surface area contributed by atoms with Gasteiger partial charge in [0, 0.05) is 20.6 Å². The summed E-state index contributed by atoms with van der Waals surface area (Å²) in [5.74, 6) is 0.990. The van der Waals surface area contributed by atoms with Gasteiger partial charge in [-0.05, 0) is 59.3 Å². The van der Waals surface area contributed by atoms with Crippen LogP contribution in [0.25, 0.3) is 0 Å². The third kappa shape index (κ3) is 32.6. The lowest BCUT2D eigenvalue weighted by molar-refractivity contribution is -0.147. The fourth-order valence-electron chi connectivity index (χ4n) is 3.44. The number of rotatable bonds is 13. The summed E-state index contributed by atoms with van der Waals surface area (Å²) in [4.78, 5) is 11.0. The third-order valence-electron chi connectivity index (χ3n) is 4.97. The van der Waals surface area contributed by atoms with Crippen LogP contribution in [0.15, 0.2) is 48.6 Å². The lowest BCUT2D eigenvalue weighted by atomic mass is 9.99. The van der Waals surface area contributed by atoms with E-state index in [4.69, 9.17) is 14.9 Å². The molecular weight excluding hydrogens is 412 g/mol. The molecule has 0 bridgehead atoms. The number of carbonyl (C=O) groups excluding carboxylic acids is 1. The van der Waals surface area contributed by atoms with E-state index in [1.165, 1.54) is 57.8 Å². The van der Waals surface area contributed by atoms with Crippen molar-refractivity contribution in [3.05, 3.63) is 48.6 Å². The molecule has 0 aromatic carbocycles. The zero-order chi connectivity index (χ0) is 25.6. The minimum Gasteiger partial charge on any atom is -0.463 e. The van der Waals surface area contributed by atoms with Crippen molar-refractivity contribution in [1.29, 1.82) is 0 Å². The second-order valence-electron chi connectivity index (χ2n) is 8.13. The molecule has 0 spiro atoms. The van der Waals surface area contributed by atoms with Crippen LogP contribution >= 0.6 is 0 Å². The second kappa shape index (κ2) is 32.5. The summed E-state index contributed by atoms with van der Waals surface area (Å²) in [6.07, 6.45) is 32.2. The summed E-state index contributed by atoms with van der Waals surface area (Å²) < 4.78 is 4.97. The number of hydrogen-bond acceptors (Lipinski definition) is 4. The Balaban J connectivity index is -0.000000495. The molecule has 0 radical (unpaired) electrons. The van der Waals surface area contributed by atoms with E-state index >= 15 is 0 Å². The van der Waals surface area contributed by atoms with Crippen molar-refractivity contribution in [2.75, 3.05) is 14.2 Å². The van der Waals surface area contributed by atoms with Crippen LogP contribution in [0.2, 0.25) is 0 Å². The first-order valence-electron chi connectivity index (χ1n) is 12.7. The van der Waals surface area contributed by atoms with Crippen molar-refractivity contribution in [2.24, 2.45) is 5.92 Å². The zero-order valence-electron chi connectivity index (χ0n) is 22.5. The summed E-state index contributed by atoms with van der Waals surface area (Å²) in [6, 6.07) is 0. The molecule has 0 heterocycles. The summed E-state index contributed by atoms with van der Waals surface area (Å²) in [5, 5.41) is 14.0. The summed E-state index contributed by atoms with van der Waals surface area (Å²) in [6.45, 7) is 7.75. The van der Waals surface area contributed by atoms with Crippen molar-refractivity contribution < 1.29 is 19.7 Å². The van der Waals surface area contributed by atoms with Gasteiger partial charge in [-0.25, -0.2) is 0 Å². The predicted molar refractivity (Wildman–Crippen MR) is 144 cm³/mol. The van der Waals surface area contributed by atoms with Gasteiger partial charge in [0.15, 0.2) is 0 Å². The Labute approximate surface area is 205 Å². The largest absolute Gasteiger partial charge is 0.463 e. The van der Waals surface area contributed by atoms with Crippen molar-refractivity contribution >= 4 is 5.97 Å². The fourth-order valence-corrected chi connectivity index (χ4v) is 3.44. The number of esters is 1. The SMILES string of the molecule is C/C=C\CCCC(=O)OC(C)C.CO.CO.C\C=C/C=C\C=C\CCCCCC1CCCC1. The van der Waals surface area contributed by atoms with Crippen molar-refractivity contribution in [2.45, 2.75) is 111 Å². The Morgan fingerprint density at radius 1 is 0.818 bits per heavy atom. The van der Waals surface area contributed by atoms with Gasteiger partial charge in [-0.15, -0.1) is 0 Å². The Morgan fingerprint density at radius 2 is 1.42 bits per heavy atom. The molecule has 0 unspecified atom stereocenters. The molecule has 4 heteroatoms. The number of aliphatic hydroxyl groups excluding tert-OH is 2. The number of aliphatic hydroxyl groups is 2. The van der Waals surface area contributed by atoms with Gasteiger partial charge < -0.3 is 14.9 Å². The molecule has 194 valence electrons. The monoisotopic (exact) mass is 466 g/mol. The molecule has 1 fully saturated rings. The van der Waals surface area contributed by atoms with Crippen LogP contribution in [0, 0.1) is 5.92 Å². The number of ether oxygens (including phenoxy) is 1. The second-order valence-corrected chi connectivity index (χ2v) is 8.13. The zero-order valence-corrected chi connectivity index (χ0v) is 22.5. The summed E-state index contributed by atoms with van der Waals surface area (Å²) in [7, 11) is 2.00. The number of hydrogen-bond donors (Lipinski definition) is 2. The molecule has 1 rings (SSSR count). The molecule has 1 aliphatic carbocycles. The average Bonchev–Trinajstić information content (AvgIpc) is 3.34. The van der Waals surface area contributed by atoms with Gasteiger partial charge in [0.05, 0.1) is 6.10 Å². The Morgan fingerprint density at radius 3 is 2.00 bits per heavy atom. The third-order valence-corrected chi connectivity index (χ3v) is 4.97. The van der Waals surface area contributed by atoms with Gasteiger partial charge in [-0.1, -0.05) is 93.6 Å². The Bertz CT molecular complexity index is 484. The van der Waals surface area contributed by atoms with Crippen LogP contribution in [-0.2, 0) is 9.53 Å². The molecule has 0 amide bonds. The molecular formula is C29H54O4. The van der Waals surface area contributed by atoms with Crippen LogP contribution in [0.3, 0.4) is 0 Å². The summed E-state index contributed by atoms with van der Waals surface area (Å²) in [5.41, 5.74) is 0. The van der Waals surface area contributed by atoms with Gasteiger partial charge in [0.2, 0.25) is 0 Å². The highest BCUT2D eigenvalue weighted by molar-refractivity contribution is 5.69. The van der Waals surface area contributed by atoms with Crippen LogP contribution < -0.4 is 0 Å². The summed E-state index contributed by atoms with van der Waals surface area (Å²) >= 11 is 0. The molecule has 0 atom stereocenters. The fraction of sp³-hybridized carbons (Fsp3) is 0.690. The Kier molecular flexibility index (Phi) is 35.4. The molecule has 0 aliphatic heterocycles. The quantitative estimate of drug-likeness (QED) is 0.126. The van der Waals surface area contributed by atoms with Gasteiger partial charge in [-0.3, -0.25) is 4.79 Å². The number of allylic oxidation sites excluding steroid dienone is 8. The predicted octanol–water partition coefficient (Wildman–Crippen LogP) is 7.72. The van der Waals surface area contributed by atoms with Crippen LogP contribution in [0.4, 0.5) is 0 Å². The van der Waals surface area contributed by atoms with E-state index in [1.807, 2.05) is 39.8 Å². The standard InChI is InChI=1S/C17H28.C10H18O2.2CH4O/c1-2-3-4-5-6-7-8-9-10-11-14-17-15-12-13-16-17;1-4-5-6-7-8-10(11)12-9(2)3;2*1-2/h2-7,17H,8-16H2,1H3;4-5,9H,6-8H2,1-3H3;2*2H,1H3/b3-2-,5-4-,7-6+;5-4-;;. The van der Waals surface area contributed by atoms with Crippen molar-refractivity contribution in [1.82, 2.24) is 0 Å². The molecule has 1 aliphatic rings. The number of carbonyl (C=O) groups is 1. The van der Waals surface area contributed by atoms with E-state index in [9.17, 15) is 4.79 Å². The minimum atomic E-state index is -0.0884. The van der Waals surface area contributed by atoms with Crippen LogP contribution in [0.1, 0.15) is 105 Å². The molecule has 0 saturated heterocycles. The van der Waals surface area contributed by atoms with Crippen LogP contribution in [0.5, 0.6) is 0 Å². The Hall–Kier alpha value is -1.65. The van der Waals surface area contributed by atoms with Crippen LogP contribution in [-0.4, -0.2) is 36.5 Å². The van der Waals surface area contributed by atoms with Gasteiger partial charge in [-0.2, -0.15) is 0 Å². The first kappa shape index (κ1) is 35.9. The topological polar surface area (TPSA) is 66.8 Å². The maximum absolute atomic E-state index is 11.0. The van der Waals surface area contributed by atoms with Crippen molar-refractivity contribution in [3.8, 4) is 0 Å². The van der Waals surface area contributed by atoms with E-state index in [2.05, 4.69) is 36.5 Å². The molecule has 0 aromatic rings. The minimum absolute atomic E-state index is 0.0132. The normalized spacial score (nSPS) is 13.7. The molecule has 0 aromatic heterocycles. The highest BCUT2D eigenvalue weighted by Gasteiger charge is 2.13. The maximum atomic E-state index is 11.0. The lowest BCUT2D eigenvalue weighted by Gasteiger charge is -2.07. The molecule has 33 heavy (non-hydrogen) atoms. The van der Waals surface area contributed by atoms with E-state index in [-0.39, 0.29) is 12.1 Å². The van der Waals surface area contributed by atoms with Gasteiger partial charge >= 0.3 is 5.97 Å². The maximum Gasteiger partial charge on any atom is 0.306 e. The first-order chi connectivity index (χ1) is 16.1. The van der Waals surface area contributed by atoms with Gasteiger partial charge in [0.1, 0.15) is 0 Å². The average molecular weight is 467 g/mol. The molecule has 4 nitrogen and oxygen atoms in total. The van der Waals surface area contributed by atoms with E-state index in [1.54, 1.807) is 0 Å². The first-order valence-corrected chi connectivity index (χ1v) is 12.7. The van der Waals surface area contributed by atoms with E-state index in [0.29, 0.717) is 6.42 Å². The smallest absolute Gasteiger partial charge is 0.306 e. The highest BCUT2D eigenvalue weighted by Crippen LogP contribution is 2.29. The van der Waals surface area contributed by atoms with Gasteiger partial charge in [0.25, 0.3) is 0 Å². The molecule has 1 saturated carbocycles. The number of unbranched alkanes of at least 4 members (excludes halogenated alkanes) is 4. The lowest BCUT2D eigenvalue weighted by Crippen LogP contribution is -2.10. The van der Waals surface area contributed by atoms with E-state index in [0.717, 1.165) is 33.0 Å². The van der Waals surface area contributed by atoms with E-state index < -0.39 is 0 Å². The highest BCUT2D eigenvalue weighted by atomic mass is 16.5. The molecule has 2 N–H and O–H groups in total.